The zero-order valence-corrected chi connectivity index (χ0v) is 27.6. The third-order valence-corrected chi connectivity index (χ3v) is 19.8. The molecule has 1 unspecified atom stereocenters. The zero-order valence-electron chi connectivity index (χ0n) is 22.4. The van der Waals surface area contributed by atoms with E-state index in [1.54, 1.807) is 0 Å². The molecule has 1 heterocycles. The van der Waals surface area contributed by atoms with E-state index < -0.39 is 41.1 Å². The van der Waals surface area contributed by atoms with E-state index in [0.29, 0.717) is 0 Å². The Morgan fingerprint density at radius 1 is 0.812 bits per heavy atom. The van der Waals surface area contributed by atoms with Gasteiger partial charge < -0.3 is 17.7 Å². The molecular weight excluding hydrogens is 481 g/mol. The van der Waals surface area contributed by atoms with Crippen molar-refractivity contribution in [3.63, 3.8) is 0 Å². The number of rotatable bonds is 9. The zero-order chi connectivity index (χ0) is 24.5. The normalized spacial score (nSPS) is 18.3. The van der Waals surface area contributed by atoms with Crippen molar-refractivity contribution in [2.75, 3.05) is 6.61 Å². The van der Waals surface area contributed by atoms with E-state index in [1.807, 2.05) is 6.08 Å². The summed E-state index contributed by atoms with van der Waals surface area (Å²) in [5, 5.41) is 1.34. The summed E-state index contributed by atoms with van der Waals surface area (Å²) in [6.07, 6.45) is 4.47. The quantitative estimate of drug-likeness (QED) is 0.344. The first-order chi connectivity index (χ1) is 14.4. The summed E-state index contributed by atoms with van der Waals surface area (Å²) < 4.78 is 26.8. The number of hydrogen-bond acceptors (Lipinski definition) is 4. The topological polar surface area (TPSA) is 36.9 Å². The SMILES string of the molecule is C=Cc1cc(O[Si](C)(C)C)c(O[Si](C)(C)C)c(O[Si](C)(C)C)c1[Si](C)(C)[SiH]1CCCCO1. The van der Waals surface area contributed by atoms with Crippen LogP contribution in [-0.4, -0.2) is 47.7 Å². The highest BCUT2D eigenvalue weighted by Crippen LogP contribution is 2.43. The lowest BCUT2D eigenvalue weighted by atomic mass is 10.2. The molecule has 1 aromatic rings. The molecule has 1 aromatic carbocycles. The minimum absolute atomic E-state index is 0.828. The summed E-state index contributed by atoms with van der Waals surface area (Å²) in [5.41, 5.74) is 1.15. The smallest absolute Gasteiger partial charge is 0.242 e. The Morgan fingerprint density at radius 3 is 1.78 bits per heavy atom. The monoisotopic (exact) mass is 526 g/mol. The van der Waals surface area contributed by atoms with E-state index in [1.165, 1.54) is 24.1 Å². The Morgan fingerprint density at radius 2 is 1.34 bits per heavy atom. The number of hydrogen-bond donors (Lipinski definition) is 0. The van der Waals surface area contributed by atoms with E-state index in [9.17, 15) is 0 Å². The van der Waals surface area contributed by atoms with Crippen molar-refractivity contribution in [2.24, 2.45) is 0 Å². The predicted molar refractivity (Wildman–Crippen MR) is 153 cm³/mol. The standard InChI is InChI=1S/C23H46O4Si5/c1-13-19-18-20(25-29(2,3)4)21(26-30(5,6)7)22(27-31(8,9)10)23(19)32(11,12)28-17-15-14-16-24-28/h13,18,28H,1,14-17H2,2-12H3. The van der Waals surface area contributed by atoms with Crippen molar-refractivity contribution in [1.29, 1.82) is 0 Å². The maximum atomic E-state index is 6.91. The fourth-order valence-electron chi connectivity index (χ4n) is 4.14. The molecule has 0 aliphatic carbocycles. The third-order valence-electron chi connectivity index (χ3n) is 5.31. The van der Waals surface area contributed by atoms with Crippen LogP contribution in [0.2, 0.25) is 78.1 Å². The molecule has 0 N–H and O–H groups in total. The van der Waals surface area contributed by atoms with E-state index in [4.69, 9.17) is 17.7 Å². The highest BCUT2D eigenvalue weighted by Gasteiger charge is 2.44. The van der Waals surface area contributed by atoms with Crippen molar-refractivity contribution < 1.29 is 17.7 Å². The van der Waals surface area contributed by atoms with Crippen LogP contribution in [0.1, 0.15) is 18.4 Å². The van der Waals surface area contributed by atoms with Gasteiger partial charge in [-0.15, -0.1) is 0 Å². The first-order valence-electron chi connectivity index (χ1n) is 12.0. The van der Waals surface area contributed by atoms with Crippen molar-refractivity contribution in [3.8, 4) is 17.2 Å². The van der Waals surface area contributed by atoms with Gasteiger partial charge in [-0.3, -0.25) is 0 Å². The molecule has 1 fully saturated rings. The van der Waals surface area contributed by atoms with Crippen LogP contribution in [-0.2, 0) is 4.43 Å². The Balaban J connectivity index is 2.88. The van der Waals surface area contributed by atoms with Crippen molar-refractivity contribution >= 4 is 52.4 Å². The first kappa shape index (κ1) is 27.6. The van der Waals surface area contributed by atoms with Crippen molar-refractivity contribution in [2.45, 2.75) is 90.9 Å². The van der Waals surface area contributed by atoms with Gasteiger partial charge in [0.2, 0.25) is 25.0 Å². The van der Waals surface area contributed by atoms with E-state index >= 15 is 0 Å². The molecule has 32 heavy (non-hydrogen) atoms. The molecule has 1 saturated heterocycles. The largest absolute Gasteiger partial charge is 0.542 e. The molecule has 9 heteroatoms. The maximum absolute atomic E-state index is 6.91. The Bertz CT molecular complexity index is 814. The lowest BCUT2D eigenvalue weighted by Crippen LogP contribution is -2.60. The molecule has 0 aromatic heterocycles. The van der Waals surface area contributed by atoms with Crippen LogP contribution in [0.15, 0.2) is 12.6 Å². The van der Waals surface area contributed by atoms with E-state index in [-0.39, 0.29) is 0 Å². The molecule has 0 saturated carbocycles. The molecule has 1 aliphatic rings. The summed E-state index contributed by atoms with van der Waals surface area (Å²) in [5.74, 6) is 2.60. The second-order valence-electron chi connectivity index (χ2n) is 12.4. The van der Waals surface area contributed by atoms with Gasteiger partial charge in [0.05, 0.1) is 0 Å². The van der Waals surface area contributed by atoms with Gasteiger partial charge in [-0.1, -0.05) is 32.2 Å². The average Bonchev–Trinajstić information content (AvgIpc) is 2.61. The summed E-state index contributed by atoms with van der Waals surface area (Å²) in [7, 11) is -9.04. The van der Waals surface area contributed by atoms with Crippen LogP contribution < -0.4 is 18.5 Å². The Labute approximate surface area is 202 Å². The highest BCUT2D eigenvalue weighted by atomic mass is 29.2. The lowest BCUT2D eigenvalue weighted by molar-refractivity contribution is 0.297. The predicted octanol–water partition coefficient (Wildman–Crippen LogP) is 6.50. The lowest BCUT2D eigenvalue weighted by Gasteiger charge is -2.39. The fourth-order valence-corrected chi connectivity index (χ4v) is 17.3. The summed E-state index contributed by atoms with van der Waals surface area (Å²) in [6, 6.07) is 3.43. The van der Waals surface area contributed by atoms with Gasteiger partial charge in [0.15, 0.2) is 14.3 Å². The van der Waals surface area contributed by atoms with Gasteiger partial charge >= 0.3 is 0 Å². The molecule has 4 nitrogen and oxygen atoms in total. The molecule has 0 radical (unpaired) electrons. The summed E-state index contributed by atoms with van der Waals surface area (Å²) in [6.45, 7) is 30.2. The molecule has 1 aliphatic heterocycles. The van der Waals surface area contributed by atoms with Gasteiger partial charge in [-0.25, -0.2) is 0 Å². The fraction of sp³-hybridized carbons (Fsp3) is 0.652. The molecule has 2 rings (SSSR count). The van der Waals surface area contributed by atoms with E-state index in [2.05, 4.69) is 84.7 Å². The average molecular weight is 527 g/mol. The maximum Gasteiger partial charge on any atom is 0.242 e. The van der Waals surface area contributed by atoms with Crippen molar-refractivity contribution in [1.82, 2.24) is 0 Å². The molecule has 0 amide bonds. The van der Waals surface area contributed by atoms with Crippen LogP contribution >= 0.6 is 0 Å². The van der Waals surface area contributed by atoms with Crippen LogP contribution in [0.4, 0.5) is 0 Å². The minimum Gasteiger partial charge on any atom is -0.542 e. The molecule has 0 spiro atoms. The Hall–Kier alpha value is -0.596. The van der Waals surface area contributed by atoms with Crippen LogP contribution in [0.3, 0.4) is 0 Å². The molecule has 1 atom stereocenters. The van der Waals surface area contributed by atoms with Crippen LogP contribution in [0.25, 0.3) is 6.08 Å². The minimum atomic E-state index is -1.94. The van der Waals surface area contributed by atoms with Gasteiger partial charge in [-0.2, -0.15) is 0 Å². The Kier molecular flexibility index (Phi) is 8.60. The van der Waals surface area contributed by atoms with Gasteiger partial charge in [0.1, 0.15) is 19.1 Å². The molecule has 0 bridgehead atoms. The third kappa shape index (κ3) is 7.46. The molecular formula is C23H46O4Si5. The second-order valence-corrected chi connectivity index (χ2v) is 37.8. The van der Waals surface area contributed by atoms with Gasteiger partial charge in [0, 0.05) is 6.61 Å². The van der Waals surface area contributed by atoms with Gasteiger partial charge in [-0.05, 0) is 88.2 Å². The van der Waals surface area contributed by atoms with Gasteiger partial charge in [0.25, 0.3) is 0 Å². The highest BCUT2D eigenvalue weighted by molar-refractivity contribution is 7.36. The summed E-state index contributed by atoms with van der Waals surface area (Å²) in [4.78, 5) is 0. The second kappa shape index (κ2) is 9.95. The van der Waals surface area contributed by atoms with Crippen LogP contribution in [0, 0.1) is 0 Å². The molecule has 182 valence electrons. The first-order valence-corrected chi connectivity index (χ1v) is 28.3. The van der Waals surface area contributed by atoms with E-state index in [0.717, 1.165) is 29.4 Å². The van der Waals surface area contributed by atoms with Crippen molar-refractivity contribution in [3.05, 3.63) is 18.2 Å². The number of benzene rings is 1. The summed E-state index contributed by atoms with van der Waals surface area (Å²) >= 11 is 0. The van der Waals surface area contributed by atoms with Crippen LogP contribution in [0.5, 0.6) is 17.2 Å².